The van der Waals surface area contributed by atoms with Crippen molar-refractivity contribution in [1.82, 2.24) is 10.6 Å². The van der Waals surface area contributed by atoms with Gasteiger partial charge in [-0.2, -0.15) is 0 Å². The Morgan fingerprint density at radius 2 is 2.20 bits per heavy atom. The molecular weight excluding hydrogens is 130 g/mol. The Labute approximate surface area is 60.7 Å². The van der Waals surface area contributed by atoms with Crippen molar-refractivity contribution in [3.05, 3.63) is 0 Å². The number of carbonyl (C=O) groups is 1. The van der Waals surface area contributed by atoms with Crippen LogP contribution in [0.1, 0.15) is 6.92 Å². The third-order valence-corrected chi connectivity index (χ3v) is 1.01. The van der Waals surface area contributed by atoms with Crippen molar-refractivity contribution in [3.8, 4) is 0 Å². The number of hydrogen-bond donors (Lipinski definition) is 2. The number of hydrogen-bond acceptors (Lipinski definition) is 2. The fourth-order valence-corrected chi connectivity index (χ4v) is 0.571. The maximum atomic E-state index is 10.9. The van der Waals surface area contributed by atoms with Crippen molar-refractivity contribution < 1.29 is 4.79 Å². The molecule has 0 saturated carbocycles. The number of nitrogens with one attached hydrogen (secondary N) is 2. The van der Waals surface area contributed by atoms with Gasteiger partial charge >= 0.3 is 0 Å². The molecule has 0 bridgehead atoms. The zero-order valence-corrected chi connectivity index (χ0v) is 6.56. The summed E-state index contributed by atoms with van der Waals surface area (Å²) < 4.78 is 0. The SMILES string of the molecule is CCNC(=O)/C(=N/C)NC. The molecule has 4 heteroatoms. The van der Waals surface area contributed by atoms with Gasteiger partial charge in [-0.1, -0.05) is 0 Å². The first-order chi connectivity index (χ1) is 4.76. The minimum absolute atomic E-state index is 0.160. The van der Waals surface area contributed by atoms with Gasteiger partial charge in [-0.15, -0.1) is 0 Å². The number of amides is 1. The normalized spacial score (nSPS) is 10.9. The second kappa shape index (κ2) is 4.78. The van der Waals surface area contributed by atoms with E-state index >= 15 is 0 Å². The van der Waals surface area contributed by atoms with Crippen LogP contribution in [0.5, 0.6) is 0 Å². The molecular formula is C6H13N3O. The van der Waals surface area contributed by atoms with E-state index in [0.29, 0.717) is 12.4 Å². The molecule has 0 aliphatic heterocycles. The Morgan fingerprint density at radius 1 is 1.60 bits per heavy atom. The number of nitrogens with zero attached hydrogens (tertiary/aromatic N) is 1. The largest absolute Gasteiger partial charge is 0.369 e. The maximum Gasteiger partial charge on any atom is 0.286 e. The van der Waals surface area contributed by atoms with Crippen molar-refractivity contribution in [1.29, 1.82) is 0 Å². The predicted octanol–water partition coefficient (Wildman–Crippen LogP) is -0.630. The van der Waals surface area contributed by atoms with Crippen LogP contribution in [0, 0.1) is 0 Å². The van der Waals surface area contributed by atoms with Gasteiger partial charge in [-0.25, -0.2) is 0 Å². The smallest absolute Gasteiger partial charge is 0.286 e. The number of likely N-dealkylation sites (N-methyl/N-ethyl adjacent to an activating group) is 2. The minimum Gasteiger partial charge on any atom is -0.369 e. The quantitative estimate of drug-likeness (QED) is 0.379. The third kappa shape index (κ3) is 2.48. The van der Waals surface area contributed by atoms with Crippen LogP contribution < -0.4 is 10.6 Å². The van der Waals surface area contributed by atoms with E-state index in [1.165, 1.54) is 0 Å². The molecule has 4 nitrogen and oxygen atoms in total. The Balaban J connectivity index is 3.91. The highest BCUT2D eigenvalue weighted by Crippen LogP contribution is 1.70. The molecule has 0 aromatic carbocycles. The van der Waals surface area contributed by atoms with E-state index in [4.69, 9.17) is 0 Å². The van der Waals surface area contributed by atoms with E-state index in [-0.39, 0.29) is 5.91 Å². The zero-order chi connectivity index (χ0) is 7.98. The van der Waals surface area contributed by atoms with Crippen molar-refractivity contribution >= 4 is 11.7 Å². The van der Waals surface area contributed by atoms with Crippen LogP contribution in [0.3, 0.4) is 0 Å². The van der Waals surface area contributed by atoms with Gasteiger partial charge in [0.15, 0.2) is 5.84 Å². The zero-order valence-electron chi connectivity index (χ0n) is 6.56. The van der Waals surface area contributed by atoms with E-state index in [1.807, 2.05) is 6.92 Å². The van der Waals surface area contributed by atoms with Gasteiger partial charge in [-0.3, -0.25) is 9.79 Å². The molecule has 2 N–H and O–H groups in total. The molecule has 0 saturated heterocycles. The summed E-state index contributed by atoms with van der Waals surface area (Å²) in [6.45, 7) is 2.49. The number of aliphatic imine (C=N–C) groups is 1. The molecule has 10 heavy (non-hydrogen) atoms. The number of rotatable bonds is 1. The minimum atomic E-state index is -0.160. The fraction of sp³-hybridized carbons (Fsp3) is 0.667. The molecule has 0 fully saturated rings. The van der Waals surface area contributed by atoms with Crippen molar-refractivity contribution in [2.24, 2.45) is 4.99 Å². The average Bonchev–Trinajstić information content (AvgIpc) is 1.91. The van der Waals surface area contributed by atoms with Gasteiger partial charge in [-0.05, 0) is 6.92 Å². The molecule has 58 valence electrons. The predicted molar refractivity (Wildman–Crippen MR) is 41.1 cm³/mol. The van der Waals surface area contributed by atoms with E-state index in [2.05, 4.69) is 15.6 Å². The Morgan fingerprint density at radius 3 is 2.50 bits per heavy atom. The molecule has 1 amide bonds. The van der Waals surface area contributed by atoms with Gasteiger partial charge < -0.3 is 10.6 Å². The number of carbonyl (C=O) groups excluding carboxylic acids is 1. The average molecular weight is 143 g/mol. The third-order valence-electron chi connectivity index (χ3n) is 1.01. The highest BCUT2D eigenvalue weighted by molar-refractivity contribution is 6.37. The molecule has 0 aromatic rings. The van der Waals surface area contributed by atoms with Crippen LogP contribution in [0.2, 0.25) is 0 Å². The monoisotopic (exact) mass is 143 g/mol. The lowest BCUT2D eigenvalue weighted by Crippen LogP contribution is -2.38. The summed E-state index contributed by atoms with van der Waals surface area (Å²) in [7, 11) is 3.23. The highest BCUT2D eigenvalue weighted by atomic mass is 16.2. The van der Waals surface area contributed by atoms with Crippen LogP contribution in [0.15, 0.2) is 4.99 Å². The molecule has 0 aliphatic carbocycles. The van der Waals surface area contributed by atoms with Gasteiger partial charge in [0, 0.05) is 20.6 Å². The second-order valence-corrected chi connectivity index (χ2v) is 1.68. The first-order valence-electron chi connectivity index (χ1n) is 3.19. The van der Waals surface area contributed by atoms with Gasteiger partial charge in [0.05, 0.1) is 0 Å². The highest BCUT2D eigenvalue weighted by Gasteiger charge is 2.04. The fourth-order valence-electron chi connectivity index (χ4n) is 0.571. The first-order valence-corrected chi connectivity index (χ1v) is 3.19. The first kappa shape index (κ1) is 8.94. The molecule has 0 aromatic heterocycles. The summed E-state index contributed by atoms with van der Waals surface area (Å²) in [6, 6.07) is 0. The summed E-state index contributed by atoms with van der Waals surface area (Å²) >= 11 is 0. The summed E-state index contributed by atoms with van der Waals surface area (Å²) in [5.74, 6) is 0.203. The van der Waals surface area contributed by atoms with E-state index < -0.39 is 0 Å². The van der Waals surface area contributed by atoms with Crippen LogP contribution in [-0.4, -0.2) is 32.4 Å². The molecule has 0 aliphatic rings. The lowest BCUT2D eigenvalue weighted by molar-refractivity contribution is -0.114. The molecule has 0 radical (unpaired) electrons. The lowest BCUT2D eigenvalue weighted by atomic mass is 10.5. The van der Waals surface area contributed by atoms with E-state index in [0.717, 1.165) is 0 Å². The van der Waals surface area contributed by atoms with Gasteiger partial charge in [0.2, 0.25) is 0 Å². The van der Waals surface area contributed by atoms with Gasteiger partial charge in [0.25, 0.3) is 5.91 Å². The Hall–Kier alpha value is -1.06. The lowest BCUT2D eigenvalue weighted by Gasteiger charge is -2.02. The molecule has 0 spiro atoms. The molecule has 0 heterocycles. The van der Waals surface area contributed by atoms with Crippen molar-refractivity contribution in [2.45, 2.75) is 6.92 Å². The van der Waals surface area contributed by atoms with Crippen LogP contribution in [0.4, 0.5) is 0 Å². The summed E-state index contributed by atoms with van der Waals surface area (Å²) in [4.78, 5) is 14.6. The number of amidine groups is 1. The summed E-state index contributed by atoms with van der Waals surface area (Å²) in [5, 5.41) is 5.29. The van der Waals surface area contributed by atoms with Crippen molar-refractivity contribution in [2.75, 3.05) is 20.6 Å². The van der Waals surface area contributed by atoms with Gasteiger partial charge in [0.1, 0.15) is 0 Å². The van der Waals surface area contributed by atoms with E-state index in [9.17, 15) is 4.79 Å². The second-order valence-electron chi connectivity index (χ2n) is 1.68. The Kier molecular flexibility index (Phi) is 4.28. The molecule has 0 rings (SSSR count). The van der Waals surface area contributed by atoms with Crippen LogP contribution >= 0.6 is 0 Å². The summed E-state index contributed by atoms with van der Waals surface area (Å²) in [6.07, 6.45) is 0. The standard InChI is InChI=1S/C6H13N3O/c1-4-9-6(10)5(7-2)8-3/h4H2,1-3H3,(H,7,8)(H,9,10). The van der Waals surface area contributed by atoms with Crippen LogP contribution in [-0.2, 0) is 4.79 Å². The molecule has 0 atom stereocenters. The summed E-state index contributed by atoms with van der Waals surface area (Å²) in [5.41, 5.74) is 0. The molecule has 0 unspecified atom stereocenters. The van der Waals surface area contributed by atoms with Crippen LogP contribution in [0.25, 0.3) is 0 Å². The maximum absolute atomic E-state index is 10.9. The Bertz CT molecular complexity index is 142. The topological polar surface area (TPSA) is 53.5 Å². The van der Waals surface area contributed by atoms with E-state index in [1.54, 1.807) is 14.1 Å². The van der Waals surface area contributed by atoms with Crippen molar-refractivity contribution in [3.63, 3.8) is 0 Å².